The Morgan fingerprint density at radius 2 is 2.26 bits per heavy atom. The lowest BCUT2D eigenvalue weighted by atomic mass is 9.96. The van der Waals surface area contributed by atoms with E-state index in [1.54, 1.807) is 12.3 Å². The van der Waals surface area contributed by atoms with Crippen LogP contribution < -0.4 is 10.6 Å². The standard InChI is InChI=1S/C19H20BrN5O2/c1-11-9-22-19(23-14-3-4-16(20)15(7-14)12(2)26)25-18(11)24-17-10-27-6-5-13(17)8-21/h3-4,7,9,13,17H,5-6,10H2,1-2H3,(H2,22,23,24,25)/t13-,17+/m0/s1. The smallest absolute Gasteiger partial charge is 0.229 e. The minimum Gasteiger partial charge on any atom is -0.379 e. The monoisotopic (exact) mass is 429 g/mol. The molecule has 1 aromatic heterocycles. The molecule has 8 heteroatoms. The van der Waals surface area contributed by atoms with Crippen LogP contribution in [0.1, 0.15) is 29.3 Å². The SMILES string of the molecule is CC(=O)c1cc(Nc2ncc(C)c(N[C@@H]3COCC[C@H]3C#N)n2)ccc1Br. The van der Waals surface area contributed by atoms with Gasteiger partial charge in [0, 0.05) is 34.1 Å². The lowest BCUT2D eigenvalue weighted by Crippen LogP contribution is -2.38. The van der Waals surface area contributed by atoms with E-state index in [4.69, 9.17) is 4.74 Å². The first-order chi connectivity index (χ1) is 13.0. The van der Waals surface area contributed by atoms with E-state index in [0.717, 1.165) is 10.0 Å². The third-order valence-electron chi connectivity index (χ3n) is 4.42. The fourth-order valence-electron chi connectivity index (χ4n) is 2.86. The lowest BCUT2D eigenvalue weighted by Gasteiger charge is -2.28. The minimum absolute atomic E-state index is 0.0300. The number of nitrogens with one attached hydrogen (secondary N) is 2. The second-order valence-electron chi connectivity index (χ2n) is 6.45. The van der Waals surface area contributed by atoms with E-state index in [0.29, 0.717) is 42.7 Å². The molecule has 2 heterocycles. The number of rotatable bonds is 5. The van der Waals surface area contributed by atoms with Crippen molar-refractivity contribution in [1.29, 1.82) is 5.26 Å². The number of carbonyl (C=O) groups is 1. The average Bonchev–Trinajstić information content (AvgIpc) is 2.66. The van der Waals surface area contributed by atoms with Crippen molar-refractivity contribution in [1.82, 2.24) is 9.97 Å². The number of halogens is 1. The van der Waals surface area contributed by atoms with Crippen LogP contribution in [0.15, 0.2) is 28.9 Å². The topological polar surface area (TPSA) is 99.9 Å². The van der Waals surface area contributed by atoms with E-state index in [1.807, 2.05) is 19.1 Å². The summed E-state index contributed by atoms with van der Waals surface area (Å²) in [5.74, 6) is 0.920. The molecule has 0 unspecified atom stereocenters. The number of anilines is 3. The summed E-state index contributed by atoms with van der Waals surface area (Å²) in [5, 5.41) is 15.8. The molecule has 1 aliphatic heterocycles. The zero-order valence-electron chi connectivity index (χ0n) is 15.1. The molecule has 2 N–H and O–H groups in total. The quantitative estimate of drug-likeness (QED) is 0.696. The van der Waals surface area contributed by atoms with Gasteiger partial charge in [0.2, 0.25) is 5.95 Å². The van der Waals surface area contributed by atoms with E-state index in [2.05, 4.69) is 42.6 Å². The number of carbonyl (C=O) groups excluding carboxylic acids is 1. The Balaban J connectivity index is 1.80. The van der Waals surface area contributed by atoms with Crippen molar-refractivity contribution in [3.63, 3.8) is 0 Å². The van der Waals surface area contributed by atoms with E-state index in [-0.39, 0.29) is 17.7 Å². The van der Waals surface area contributed by atoms with E-state index in [1.165, 1.54) is 6.92 Å². The molecular formula is C19H20BrN5O2. The lowest BCUT2D eigenvalue weighted by molar-refractivity contribution is 0.0698. The van der Waals surface area contributed by atoms with Gasteiger partial charge in [0.05, 0.1) is 24.6 Å². The van der Waals surface area contributed by atoms with E-state index in [9.17, 15) is 10.1 Å². The molecule has 1 aliphatic rings. The van der Waals surface area contributed by atoms with Crippen LogP contribution in [0.4, 0.5) is 17.5 Å². The van der Waals surface area contributed by atoms with Crippen LogP contribution >= 0.6 is 15.9 Å². The predicted molar refractivity (Wildman–Crippen MR) is 106 cm³/mol. The van der Waals surface area contributed by atoms with Crippen LogP contribution in [-0.2, 0) is 4.74 Å². The van der Waals surface area contributed by atoms with Gasteiger partial charge in [-0.1, -0.05) is 15.9 Å². The number of hydrogen-bond donors (Lipinski definition) is 2. The number of benzene rings is 1. The number of ether oxygens (including phenoxy) is 1. The molecule has 140 valence electrons. The van der Waals surface area contributed by atoms with Gasteiger partial charge in [-0.3, -0.25) is 4.79 Å². The fourth-order valence-corrected chi connectivity index (χ4v) is 3.39. The Bertz CT molecular complexity index is 896. The average molecular weight is 430 g/mol. The number of nitriles is 1. The van der Waals surface area contributed by atoms with Crippen molar-refractivity contribution in [2.24, 2.45) is 5.92 Å². The number of aromatic nitrogens is 2. The number of ketones is 1. The zero-order valence-corrected chi connectivity index (χ0v) is 16.7. The first-order valence-electron chi connectivity index (χ1n) is 8.63. The summed E-state index contributed by atoms with van der Waals surface area (Å²) in [5.41, 5.74) is 2.18. The molecule has 7 nitrogen and oxygen atoms in total. The van der Waals surface area contributed by atoms with Crippen molar-refractivity contribution in [3.8, 4) is 6.07 Å². The van der Waals surface area contributed by atoms with Crippen molar-refractivity contribution in [3.05, 3.63) is 40.0 Å². The molecule has 1 aromatic carbocycles. The van der Waals surface area contributed by atoms with E-state index < -0.39 is 0 Å². The molecule has 0 bridgehead atoms. The maximum absolute atomic E-state index is 11.7. The summed E-state index contributed by atoms with van der Waals surface area (Å²) in [6.07, 6.45) is 2.42. The summed E-state index contributed by atoms with van der Waals surface area (Å²) in [6.45, 7) is 4.50. The van der Waals surface area contributed by atoms with Gasteiger partial charge in [0.15, 0.2) is 5.78 Å². The predicted octanol–water partition coefficient (Wildman–Crippen LogP) is 3.83. The van der Waals surface area contributed by atoms with E-state index >= 15 is 0 Å². The zero-order chi connectivity index (χ0) is 19.4. The number of hydrogen-bond acceptors (Lipinski definition) is 7. The van der Waals surface area contributed by atoms with Crippen molar-refractivity contribution < 1.29 is 9.53 Å². The number of aryl methyl sites for hydroxylation is 1. The molecule has 0 radical (unpaired) electrons. The third-order valence-corrected chi connectivity index (χ3v) is 5.11. The van der Waals surface area contributed by atoms with Gasteiger partial charge in [-0.2, -0.15) is 10.2 Å². The molecule has 0 saturated carbocycles. The van der Waals surface area contributed by atoms with Gasteiger partial charge in [0.25, 0.3) is 0 Å². The summed E-state index contributed by atoms with van der Waals surface area (Å²) in [7, 11) is 0. The summed E-state index contributed by atoms with van der Waals surface area (Å²) in [6, 6.07) is 7.63. The van der Waals surface area contributed by atoms with Gasteiger partial charge >= 0.3 is 0 Å². The molecule has 2 aromatic rings. The van der Waals surface area contributed by atoms with Crippen LogP contribution in [0.3, 0.4) is 0 Å². The number of Topliss-reactive ketones (excluding diaryl/α,β-unsaturated/α-hetero) is 1. The van der Waals surface area contributed by atoms with Crippen molar-refractivity contribution in [2.45, 2.75) is 26.3 Å². The molecule has 3 rings (SSSR count). The first-order valence-corrected chi connectivity index (χ1v) is 9.42. The molecule has 0 spiro atoms. The van der Waals surface area contributed by atoms with Crippen LogP contribution in [0.2, 0.25) is 0 Å². The third kappa shape index (κ3) is 4.62. The second-order valence-corrected chi connectivity index (χ2v) is 7.31. The highest BCUT2D eigenvalue weighted by Crippen LogP contribution is 2.25. The summed E-state index contributed by atoms with van der Waals surface area (Å²) >= 11 is 3.38. The largest absolute Gasteiger partial charge is 0.379 e. The van der Waals surface area contributed by atoms with Crippen molar-refractivity contribution >= 4 is 39.2 Å². The minimum atomic E-state index is -0.117. The highest BCUT2D eigenvalue weighted by Gasteiger charge is 2.26. The van der Waals surface area contributed by atoms with Crippen LogP contribution in [0.25, 0.3) is 0 Å². The Hall–Kier alpha value is -2.50. The normalized spacial score (nSPS) is 19.2. The molecule has 2 atom stereocenters. The number of nitrogens with zero attached hydrogens (tertiary/aromatic N) is 3. The van der Waals surface area contributed by atoms with Gasteiger partial charge in [-0.15, -0.1) is 0 Å². The summed E-state index contributed by atoms with van der Waals surface area (Å²) < 4.78 is 6.23. The molecule has 1 saturated heterocycles. The first kappa shape index (κ1) is 19.3. The van der Waals surface area contributed by atoms with Gasteiger partial charge in [-0.05, 0) is 38.5 Å². The van der Waals surface area contributed by atoms with Gasteiger partial charge < -0.3 is 15.4 Å². The van der Waals surface area contributed by atoms with Crippen LogP contribution in [0, 0.1) is 24.2 Å². The van der Waals surface area contributed by atoms with Crippen LogP contribution in [0.5, 0.6) is 0 Å². The second kappa shape index (κ2) is 8.46. The molecule has 0 aliphatic carbocycles. The molecular weight excluding hydrogens is 410 g/mol. The Kier molecular flexibility index (Phi) is 6.04. The highest BCUT2D eigenvalue weighted by molar-refractivity contribution is 9.10. The molecule has 0 amide bonds. The van der Waals surface area contributed by atoms with Crippen LogP contribution in [-0.4, -0.2) is 35.0 Å². The Morgan fingerprint density at radius 3 is 3.00 bits per heavy atom. The van der Waals surface area contributed by atoms with Gasteiger partial charge in [0.1, 0.15) is 5.82 Å². The Labute approximate surface area is 166 Å². The van der Waals surface area contributed by atoms with Gasteiger partial charge in [-0.25, -0.2) is 4.98 Å². The maximum Gasteiger partial charge on any atom is 0.229 e. The maximum atomic E-state index is 11.7. The van der Waals surface area contributed by atoms with Crippen molar-refractivity contribution in [2.75, 3.05) is 23.8 Å². The molecule has 27 heavy (non-hydrogen) atoms. The Morgan fingerprint density at radius 1 is 1.44 bits per heavy atom. The fraction of sp³-hybridized carbons (Fsp3) is 0.368. The highest BCUT2D eigenvalue weighted by atomic mass is 79.9. The summed E-state index contributed by atoms with van der Waals surface area (Å²) in [4.78, 5) is 20.6. The molecule has 1 fully saturated rings.